The summed E-state index contributed by atoms with van der Waals surface area (Å²) in [7, 11) is 0. The Hall–Kier alpha value is -2.79. The van der Waals surface area contributed by atoms with Gasteiger partial charge in [-0.15, -0.1) is 0 Å². The van der Waals surface area contributed by atoms with E-state index in [0.717, 1.165) is 47.0 Å². The van der Waals surface area contributed by atoms with Gasteiger partial charge in [0.05, 0.1) is 47.8 Å². The quantitative estimate of drug-likeness (QED) is 0.436. The number of fused-ring (bicyclic) bond motifs is 1. The van der Waals surface area contributed by atoms with Gasteiger partial charge in [-0.05, 0) is 57.0 Å². The summed E-state index contributed by atoms with van der Waals surface area (Å²) >= 11 is 1.78. The maximum absolute atomic E-state index is 11.2. The third-order valence-electron chi connectivity index (χ3n) is 6.41. The molecule has 204 valence electrons. The Balaban J connectivity index is 0.000000283. The number of carbonyl (C=O) groups excluding carboxylic acids is 1. The first-order valence-electron chi connectivity index (χ1n) is 13.3. The smallest absolute Gasteiger partial charge is 0.223 e. The fraction of sp³-hybridized carbons (Fsp3) is 0.500. The Morgan fingerprint density at radius 3 is 2.53 bits per heavy atom. The number of primary amides is 1. The van der Waals surface area contributed by atoms with Gasteiger partial charge in [0.25, 0.3) is 0 Å². The average molecular weight is 539 g/mol. The molecule has 2 fully saturated rings. The van der Waals surface area contributed by atoms with Crippen LogP contribution < -0.4 is 10.6 Å². The molecule has 3 aromatic rings. The molecule has 2 saturated heterocycles. The maximum atomic E-state index is 11.2. The van der Waals surface area contributed by atoms with Crippen molar-refractivity contribution in [2.45, 2.75) is 51.7 Å². The minimum absolute atomic E-state index is 0.100. The number of ether oxygens (including phenoxy) is 1. The van der Waals surface area contributed by atoms with Crippen LogP contribution >= 0.6 is 11.9 Å². The summed E-state index contributed by atoms with van der Waals surface area (Å²) in [5, 5.41) is 9.46. The van der Waals surface area contributed by atoms with Gasteiger partial charge in [0.2, 0.25) is 5.91 Å². The second-order valence-electron chi connectivity index (χ2n) is 9.80. The van der Waals surface area contributed by atoms with Gasteiger partial charge in [0.15, 0.2) is 0 Å². The van der Waals surface area contributed by atoms with Gasteiger partial charge >= 0.3 is 0 Å². The molecule has 9 nitrogen and oxygen atoms in total. The average Bonchev–Trinajstić information content (AvgIpc) is 2.92. The lowest BCUT2D eigenvalue weighted by atomic mass is 10.1. The third kappa shape index (κ3) is 8.10. The van der Waals surface area contributed by atoms with Crippen molar-refractivity contribution < 1.29 is 14.6 Å². The lowest BCUT2D eigenvalue weighted by Crippen LogP contribution is -2.45. The lowest BCUT2D eigenvalue weighted by Gasteiger charge is -2.36. The fourth-order valence-corrected chi connectivity index (χ4v) is 5.60. The van der Waals surface area contributed by atoms with Gasteiger partial charge in [-0.1, -0.05) is 24.4 Å². The van der Waals surface area contributed by atoms with Crippen LogP contribution in [0.3, 0.4) is 0 Å². The first-order chi connectivity index (χ1) is 18.4. The van der Waals surface area contributed by atoms with E-state index in [4.69, 9.17) is 25.5 Å². The number of pyridine rings is 3. The molecule has 5 heterocycles. The molecular weight excluding hydrogens is 500 g/mol. The monoisotopic (exact) mass is 538 g/mol. The normalized spacial score (nSPS) is 20.1. The zero-order valence-corrected chi connectivity index (χ0v) is 23.1. The van der Waals surface area contributed by atoms with Crippen molar-refractivity contribution >= 4 is 34.6 Å². The summed E-state index contributed by atoms with van der Waals surface area (Å²) in [4.78, 5) is 27.2. The Kier molecular flexibility index (Phi) is 10.3. The molecule has 2 aliphatic rings. The number of aromatic nitrogens is 3. The highest BCUT2D eigenvalue weighted by Crippen LogP contribution is 2.24. The number of morpholine rings is 1. The SMILES string of the molecule is CC1CN(c2cccc(-c3ccc4cnc(CC(N)=O)cc4n3)n2)CC(C)O1.OCCSN1CCCCC1. The molecule has 3 N–H and O–H groups in total. The molecule has 2 atom stereocenters. The molecule has 3 aromatic heterocycles. The van der Waals surface area contributed by atoms with Crippen molar-refractivity contribution in [3.8, 4) is 11.4 Å². The van der Waals surface area contributed by atoms with Crippen LogP contribution in [0.4, 0.5) is 5.82 Å². The highest BCUT2D eigenvalue weighted by atomic mass is 32.2. The van der Waals surface area contributed by atoms with E-state index >= 15 is 0 Å². The predicted octanol–water partition coefficient (Wildman–Crippen LogP) is 3.45. The molecule has 2 aliphatic heterocycles. The number of carbonyl (C=O) groups is 1. The summed E-state index contributed by atoms with van der Waals surface area (Å²) in [5.74, 6) is 1.37. The van der Waals surface area contributed by atoms with Crippen molar-refractivity contribution in [1.29, 1.82) is 0 Å². The molecule has 0 saturated carbocycles. The van der Waals surface area contributed by atoms with Crippen LogP contribution in [0.15, 0.2) is 42.6 Å². The second kappa shape index (κ2) is 13.8. The standard InChI is InChI=1S/C21H23N5O2.C7H15NOS/c1-13-11-26(12-14(2)28-13)21-5-3-4-17(25-21)18-7-6-15-10-23-16(9-20(22)27)8-19(15)24-18;9-6-7-10-8-4-2-1-3-5-8/h3-8,10,13-14H,9,11-12H2,1-2H3,(H2,22,27);9H,1-7H2. The lowest BCUT2D eigenvalue weighted by molar-refractivity contribution is -0.117. The molecule has 2 unspecified atom stereocenters. The number of nitrogens with zero attached hydrogens (tertiary/aromatic N) is 5. The van der Waals surface area contributed by atoms with Crippen LogP contribution in [-0.4, -0.2) is 81.0 Å². The minimum Gasteiger partial charge on any atom is -0.395 e. The molecular formula is C28H38N6O3S. The van der Waals surface area contributed by atoms with Gasteiger partial charge in [-0.3, -0.25) is 14.1 Å². The van der Waals surface area contributed by atoms with E-state index in [-0.39, 0.29) is 18.6 Å². The highest BCUT2D eigenvalue weighted by molar-refractivity contribution is 7.97. The number of amides is 1. The van der Waals surface area contributed by atoms with Gasteiger partial charge in [0, 0.05) is 43.5 Å². The van der Waals surface area contributed by atoms with Crippen molar-refractivity contribution in [3.63, 3.8) is 0 Å². The number of rotatable bonds is 7. The summed E-state index contributed by atoms with van der Waals surface area (Å²) in [6.07, 6.45) is 6.20. The fourth-order valence-electron chi connectivity index (χ4n) is 4.75. The maximum Gasteiger partial charge on any atom is 0.223 e. The molecule has 0 aliphatic carbocycles. The van der Waals surface area contributed by atoms with E-state index < -0.39 is 5.91 Å². The Bertz CT molecular complexity index is 1200. The van der Waals surface area contributed by atoms with Crippen LogP contribution in [0, 0.1) is 0 Å². The van der Waals surface area contributed by atoms with Crippen molar-refractivity contribution in [1.82, 2.24) is 19.3 Å². The minimum atomic E-state index is -0.411. The molecule has 0 aromatic carbocycles. The molecule has 38 heavy (non-hydrogen) atoms. The summed E-state index contributed by atoms with van der Waals surface area (Å²) in [5.41, 5.74) is 8.24. The molecule has 0 spiro atoms. The molecule has 1 amide bonds. The number of nitrogens with two attached hydrogens (primary N) is 1. The summed E-state index contributed by atoms with van der Waals surface area (Å²) < 4.78 is 8.18. The molecule has 10 heteroatoms. The van der Waals surface area contributed by atoms with Crippen LogP contribution in [0.2, 0.25) is 0 Å². The van der Waals surface area contributed by atoms with Crippen molar-refractivity contribution in [3.05, 3.63) is 48.3 Å². The third-order valence-corrected chi connectivity index (χ3v) is 7.50. The number of hydrogen-bond donors (Lipinski definition) is 2. The Morgan fingerprint density at radius 1 is 1.08 bits per heavy atom. The first-order valence-corrected chi connectivity index (χ1v) is 14.3. The van der Waals surface area contributed by atoms with Crippen LogP contribution in [0.1, 0.15) is 38.8 Å². The largest absolute Gasteiger partial charge is 0.395 e. The number of aliphatic hydroxyl groups is 1. The molecule has 0 bridgehead atoms. The molecule has 5 rings (SSSR count). The zero-order valence-electron chi connectivity index (χ0n) is 22.3. The van der Waals surface area contributed by atoms with Gasteiger partial charge in [0.1, 0.15) is 5.82 Å². The zero-order chi connectivity index (χ0) is 26.9. The Labute approximate surface area is 228 Å². The van der Waals surface area contributed by atoms with Crippen LogP contribution in [-0.2, 0) is 16.0 Å². The van der Waals surface area contributed by atoms with E-state index in [1.54, 1.807) is 24.2 Å². The summed E-state index contributed by atoms with van der Waals surface area (Å²) in [6.45, 7) is 8.52. The molecule has 0 radical (unpaired) electrons. The Morgan fingerprint density at radius 2 is 1.82 bits per heavy atom. The van der Waals surface area contributed by atoms with E-state index in [2.05, 4.69) is 28.0 Å². The van der Waals surface area contributed by atoms with E-state index in [9.17, 15) is 4.79 Å². The number of anilines is 1. The van der Waals surface area contributed by atoms with Gasteiger partial charge < -0.3 is 20.5 Å². The number of piperidine rings is 1. The summed E-state index contributed by atoms with van der Waals surface area (Å²) in [6, 6.07) is 11.7. The number of aliphatic hydroxyl groups excluding tert-OH is 1. The van der Waals surface area contributed by atoms with E-state index in [0.29, 0.717) is 12.3 Å². The van der Waals surface area contributed by atoms with Crippen molar-refractivity contribution in [2.24, 2.45) is 5.73 Å². The van der Waals surface area contributed by atoms with E-state index in [1.165, 1.54) is 32.4 Å². The van der Waals surface area contributed by atoms with E-state index in [1.807, 2.05) is 30.3 Å². The predicted molar refractivity (Wildman–Crippen MR) is 153 cm³/mol. The van der Waals surface area contributed by atoms with Gasteiger partial charge in [-0.25, -0.2) is 9.97 Å². The highest BCUT2D eigenvalue weighted by Gasteiger charge is 2.23. The van der Waals surface area contributed by atoms with Crippen molar-refractivity contribution in [2.75, 3.05) is 43.4 Å². The van der Waals surface area contributed by atoms with Gasteiger partial charge in [-0.2, -0.15) is 0 Å². The van der Waals surface area contributed by atoms with Crippen LogP contribution in [0.5, 0.6) is 0 Å². The number of hydrogen-bond acceptors (Lipinski definition) is 9. The topological polar surface area (TPSA) is 118 Å². The first kappa shape index (κ1) is 28.2. The second-order valence-corrected chi connectivity index (χ2v) is 11.0. The van der Waals surface area contributed by atoms with Crippen LogP contribution in [0.25, 0.3) is 22.3 Å².